The molecule has 0 bridgehead atoms. The summed E-state index contributed by atoms with van der Waals surface area (Å²) in [5.74, 6) is 0.875. The van der Waals surface area contributed by atoms with Crippen LogP contribution in [0.2, 0.25) is 0 Å². The van der Waals surface area contributed by atoms with Gasteiger partial charge in [0, 0.05) is 48.8 Å². The van der Waals surface area contributed by atoms with Gasteiger partial charge in [0.05, 0.1) is 0 Å². The molecule has 1 saturated carbocycles. The number of allylic oxidation sites excluding steroid dienone is 1. The number of amides is 1. The van der Waals surface area contributed by atoms with Crippen LogP contribution in [-0.4, -0.2) is 30.2 Å². The molecule has 5 rings (SSSR count). The maximum Gasteiger partial charge on any atom is 0.228 e. The standard InChI is InChI=1S/C25H26N4O/c1-29(2)20-10-6-9-19(15-20)25(18-7-4-3-5-8-18)14-13-21-22(16-25)27-28-23(21)26-24(30)17-11-12-17/h3-10,13-15,17H,11-12,16H2,1-2H3,(H2,26,27,28,30). The summed E-state index contributed by atoms with van der Waals surface area (Å²) in [6, 6.07) is 19.3. The molecule has 1 heterocycles. The Morgan fingerprint density at radius 1 is 1.10 bits per heavy atom. The molecular weight excluding hydrogens is 372 g/mol. The van der Waals surface area contributed by atoms with Gasteiger partial charge in [-0.15, -0.1) is 0 Å². The zero-order chi connectivity index (χ0) is 20.7. The maximum absolute atomic E-state index is 12.2. The van der Waals surface area contributed by atoms with Gasteiger partial charge in [-0.2, -0.15) is 5.10 Å². The van der Waals surface area contributed by atoms with E-state index in [1.807, 2.05) is 6.07 Å². The second-order valence-electron chi connectivity index (χ2n) is 8.52. The monoisotopic (exact) mass is 398 g/mol. The van der Waals surface area contributed by atoms with Crippen LogP contribution >= 0.6 is 0 Å². The number of H-pyrrole nitrogens is 1. The molecule has 152 valence electrons. The Hall–Kier alpha value is -3.34. The number of hydrogen-bond donors (Lipinski definition) is 2. The van der Waals surface area contributed by atoms with Gasteiger partial charge < -0.3 is 10.2 Å². The Morgan fingerprint density at radius 2 is 1.87 bits per heavy atom. The number of carbonyl (C=O) groups is 1. The van der Waals surface area contributed by atoms with Crippen molar-refractivity contribution in [2.45, 2.75) is 24.7 Å². The normalized spacial score (nSPS) is 19.9. The van der Waals surface area contributed by atoms with Gasteiger partial charge in [-0.3, -0.25) is 9.89 Å². The van der Waals surface area contributed by atoms with E-state index in [9.17, 15) is 4.79 Å². The first-order valence-corrected chi connectivity index (χ1v) is 10.5. The molecule has 0 radical (unpaired) electrons. The summed E-state index contributed by atoms with van der Waals surface area (Å²) >= 11 is 0. The van der Waals surface area contributed by atoms with Crippen molar-refractivity contribution in [3.8, 4) is 0 Å². The number of rotatable bonds is 5. The molecule has 5 nitrogen and oxygen atoms in total. The number of anilines is 2. The Labute approximate surface area is 176 Å². The number of aromatic amines is 1. The minimum absolute atomic E-state index is 0.0799. The number of carbonyl (C=O) groups excluding carboxylic acids is 1. The minimum Gasteiger partial charge on any atom is -0.378 e. The first kappa shape index (κ1) is 18.7. The summed E-state index contributed by atoms with van der Waals surface area (Å²) in [5.41, 5.74) is 5.37. The highest BCUT2D eigenvalue weighted by Crippen LogP contribution is 2.43. The molecule has 0 aliphatic heterocycles. The molecule has 2 aromatic carbocycles. The quantitative estimate of drug-likeness (QED) is 0.670. The zero-order valence-corrected chi connectivity index (χ0v) is 17.4. The van der Waals surface area contributed by atoms with E-state index in [1.165, 1.54) is 16.8 Å². The van der Waals surface area contributed by atoms with Crippen LogP contribution in [0.4, 0.5) is 11.5 Å². The number of aromatic nitrogens is 2. The van der Waals surface area contributed by atoms with E-state index in [-0.39, 0.29) is 17.2 Å². The van der Waals surface area contributed by atoms with Gasteiger partial charge in [-0.1, -0.05) is 54.6 Å². The van der Waals surface area contributed by atoms with Gasteiger partial charge in [0.2, 0.25) is 5.91 Å². The highest BCUT2D eigenvalue weighted by atomic mass is 16.2. The number of benzene rings is 2. The van der Waals surface area contributed by atoms with E-state index < -0.39 is 0 Å². The minimum atomic E-state index is -0.301. The van der Waals surface area contributed by atoms with Crippen LogP contribution in [0.3, 0.4) is 0 Å². The summed E-state index contributed by atoms with van der Waals surface area (Å²) < 4.78 is 0. The molecule has 1 aromatic heterocycles. The average molecular weight is 399 g/mol. The fraction of sp³-hybridized carbons (Fsp3) is 0.280. The van der Waals surface area contributed by atoms with Crippen molar-refractivity contribution in [3.05, 3.63) is 83.1 Å². The summed E-state index contributed by atoms with van der Waals surface area (Å²) in [6.45, 7) is 0. The van der Waals surface area contributed by atoms with Crippen LogP contribution in [0, 0.1) is 5.92 Å². The lowest BCUT2D eigenvalue weighted by Crippen LogP contribution is -2.31. The highest BCUT2D eigenvalue weighted by Gasteiger charge is 2.37. The van der Waals surface area contributed by atoms with E-state index in [0.29, 0.717) is 5.82 Å². The zero-order valence-electron chi connectivity index (χ0n) is 17.4. The summed E-state index contributed by atoms with van der Waals surface area (Å²) in [6.07, 6.45) is 7.09. The van der Waals surface area contributed by atoms with Crippen molar-refractivity contribution in [1.82, 2.24) is 10.2 Å². The highest BCUT2D eigenvalue weighted by molar-refractivity contribution is 5.95. The van der Waals surface area contributed by atoms with Crippen molar-refractivity contribution < 1.29 is 4.79 Å². The molecule has 1 unspecified atom stereocenters. The van der Waals surface area contributed by atoms with Crippen molar-refractivity contribution in [3.63, 3.8) is 0 Å². The number of nitrogens with one attached hydrogen (secondary N) is 2. The fourth-order valence-corrected chi connectivity index (χ4v) is 4.28. The lowest BCUT2D eigenvalue weighted by Gasteiger charge is -2.35. The van der Waals surface area contributed by atoms with Crippen molar-refractivity contribution in [2.75, 3.05) is 24.3 Å². The Morgan fingerprint density at radius 3 is 2.60 bits per heavy atom. The summed E-state index contributed by atoms with van der Waals surface area (Å²) in [5, 5.41) is 10.6. The van der Waals surface area contributed by atoms with Crippen LogP contribution in [0.15, 0.2) is 60.7 Å². The Bertz CT molecular complexity index is 1110. The first-order valence-electron chi connectivity index (χ1n) is 10.5. The Kier molecular flexibility index (Phi) is 4.46. The fourth-order valence-electron chi connectivity index (χ4n) is 4.28. The van der Waals surface area contributed by atoms with E-state index in [2.05, 4.69) is 95.2 Å². The summed E-state index contributed by atoms with van der Waals surface area (Å²) in [7, 11) is 4.12. The molecule has 2 aliphatic carbocycles. The maximum atomic E-state index is 12.2. The second kappa shape index (κ2) is 7.17. The molecular formula is C25H26N4O. The molecule has 2 N–H and O–H groups in total. The lowest BCUT2D eigenvalue weighted by molar-refractivity contribution is -0.117. The van der Waals surface area contributed by atoms with Crippen LogP contribution in [0.1, 0.15) is 35.2 Å². The molecule has 1 atom stereocenters. The van der Waals surface area contributed by atoms with Crippen LogP contribution in [-0.2, 0) is 16.6 Å². The lowest BCUT2D eigenvalue weighted by atomic mass is 9.68. The van der Waals surface area contributed by atoms with Gasteiger partial charge >= 0.3 is 0 Å². The third kappa shape index (κ3) is 3.20. The molecule has 5 heteroatoms. The molecule has 30 heavy (non-hydrogen) atoms. The second-order valence-corrected chi connectivity index (χ2v) is 8.52. The van der Waals surface area contributed by atoms with Crippen molar-refractivity contribution >= 4 is 23.5 Å². The number of nitrogens with zero attached hydrogens (tertiary/aromatic N) is 2. The summed E-state index contributed by atoms with van der Waals surface area (Å²) in [4.78, 5) is 14.4. The predicted octanol–water partition coefficient (Wildman–Crippen LogP) is 4.38. The molecule has 1 amide bonds. The first-order chi connectivity index (χ1) is 14.6. The van der Waals surface area contributed by atoms with E-state index in [1.54, 1.807) is 0 Å². The van der Waals surface area contributed by atoms with Crippen LogP contribution in [0.5, 0.6) is 0 Å². The van der Waals surface area contributed by atoms with Crippen molar-refractivity contribution in [2.24, 2.45) is 5.92 Å². The number of fused-ring (bicyclic) bond motifs is 1. The molecule has 0 spiro atoms. The van der Waals surface area contributed by atoms with Crippen LogP contribution in [0.25, 0.3) is 6.08 Å². The third-order valence-corrected chi connectivity index (χ3v) is 6.23. The molecule has 2 aliphatic rings. The van der Waals surface area contributed by atoms with Crippen LogP contribution < -0.4 is 10.2 Å². The van der Waals surface area contributed by atoms with Gasteiger partial charge in [0.25, 0.3) is 0 Å². The van der Waals surface area contributed by atoms with Gasteiger partial charge in [0.15, 0.2) is 5.82 Å². The molecule has 3 aromatic rings. The van der Waals surface area contributed by atoms with Crippen molar-refractivity contribution in [1.29, 1.82) is 0 Å². The van der Waals surface area contributed by atoms with E-state index >= 15 is 0 Å². The predicted molar refractivity (Wildman–Crippen MR) is 121 cm³/mol. The molecule has 0 saturated heterocycles. The SMILES string of the molecule is CN(C)c1cccc(C2(c3ccccc3)C=Cc3c(NC(=O)C4CC4)n[nH]c3C2)c1. The van der Waals surface area contributed by atoms with Gasteiger partial charge in [-0.25, -0.2) is 0 Å². The third-order valence-electron chi connectivity index (χ3n) is 6.23. The Balaban J connectivity index is 1.57. The topological polar surface area (TPSA) is 61.0 Å². The molecule has 1 fully saturated rings. The number of hydrogen-bond acceptors (Lipinski definition) is 3. The van der Waals surface area contributed by atoms with E-state index in [4.69, 9.17) is 0 Å². The van der Waals surface area contributed by atoms with Gasteiger partial charge in [-0.05, 0) is 36.1 Å². The van der Waals surface area contributed by atoms with E-state index in [0.717, 1.165) is 30.5 Å². The largest absolute Gasteiger partial charge is 0.378 e. The average Bonchev–Trinajstić information content (AvgIpc) is 3.56. The van der Waals surface area contributed by atoms with Gasteiger partial charge in [0.1, 0.15) is 0 Å². The smallest absolute Gasteiger partial charge is 0.228 e.